The molecule has 1 aromatic carbocycles. The number of pyridine rings is 1. The van der Waals surface area contributed by atoms with Crippen LogP contribution in [0.2, 0.25) is 0 Å². The summed E-state index contributed by atoms with van der Waals surface area (Å²) < 4.78 is 40.4. The van der Waals surface area contributed by atoms with E-state index >= 15 is 0 Å². The van der Waals surface area contributed by atoms with Crippen LogP contribution in [0.3, 0.4) is 0 Å². The number of Topliss-reactive ketones (excluding diaryl/α,β-unsaturated/α-hetero) is 1. The Hall–Kier alpha value is -4.88. The van der Waals surface area contributed by atoms with Crippen molar-refractivity contribution in [1.29, 1.82) is 0 Å². The van der Waals surface area contributed by atoms with Crippen molar-refractivity contribution in [3.8, 4) is 0 Å². The molecule has 14 heteroatoms. The van der Waals surface area contributed by atoms with Gasteiger partial charge in [0.05, 0.1) is 24.2 Å². The van der Waals surface area contributed by atoms with Gasteiger partial charge in [-0.25, -0.2) is 27.9 Å². The average molecular weight is 602 g/mol. The van der Waals surface area contributed by atoms with Crippen molar-refractivity contribution in [2.24, 2.45) is 0 Å². The second-order valence-corrected chi connectivity index (χ2v) is 9.91. The van der Waals surface area contributed by atoms with Gasteiger partial charge in [0.25, 0.3) is 5.56 Å². The van der Waals surface area contributed by atoms with Gasteiger partial charge in [-0.3, -0.25) is 14.4 Å². The third kappa shape index (κ3) is 8.11. The molecule has 230 valence electrons. The van der Waals surface area contributed by atoms with Crippen molar-refractivity contribution in [3.05, 3.63) is 76.0 Å². The summed E-state index contributed by atoms with van der Waals surface area (Å²) in [4.78, 5) is 70.1. The predicted octanol–water partition coefficient (Wildman–Crippen LogP) is 3.13. The van der Waals surface area contributed by atoms with E-state index in [9.17, 15) is 32.8 Å². The Morgan fingerprint density at radius 2 is 1.77 bits per heavy atom. The fraction of sp³-hybridized carbons (Fsp3) is 0.379. The number of hydrogen-bond acceptors (Lipinski definition) is 8. The molecule has 0 fully saturated rings. The lowest BCUT2D eigenvalue weighted by Gasteiger charge is -2.19. The van der Waals surface area contributed by atoms with Crippen molar-refractivity contribution in [1.82, 2.24) is 23.9 Å². The van der Waals surface area contributed by atoms with E-state index in [0.717, 1.165) is 21.6 Å². The number of benzene rings is 1. The molecule has 0 N–H and O–H groups in total. The van der Waals surface area contributed by atoms with Crippen LogP contribution >= 0.6 is 0 Å². The van der Waals surface area contributed by atoms with E-state index in [1.807, 2.05) is 0 Å². The zero-order valence-corrected chi connectivity index (χ0v) is 24.5. The SMILES string of the molecule is CCOC(=O)n1c(Cn2cccc(CC(=O)[C@H](CC/C=C/C(=O)N(C)C)OC(=O)N(C)C)c2=O)nc2cc(F)c(F)cc21. The monoisotopic (exact) mass is 601 g/mol. The molecule has 0 unspecified atom stereocenters. The van der Waals surface area contributed by atoms with E-state index in [0.29, 0.717) is 0 Å². The summed E-state index contributed by atoms with van der Waals surface area (Å²) in [7, 11) is 6.11. The van der Waals surface area contributed by atoms with E-state index in [2.05, 4.69) is 4.98 Å². The lowest BCUT2D eigenvalue weighted by Crippen LogP contribution is -2.35. The van der Waals surface area contributed by atoms with E-state index < -0.39 is 41.3 Å². The molecule has 0 aliphatic heterocycles. The van der Waals surface area contributed by atoms with Crippen molar-refractivity contribution >= 4 is 34.9 Å². The fourth-order valence-corrected chi connectivity index (χ4v) is 4.01. The number of imidazole rings is 1. The molecule has 0 bridgehead atoms. The fourth-order valence-electron chi connectivity index (χ4n) is 4.01. The van der Waals surface area contributed by atoms with E-state index in [1.54, 1.807) is 27.1 Å². The third-order valence-electron chi connectivity index (χ3n) is 6.26. The normalized spacial score (nSPS) is 11.9. The minimum atomic E-state index is -1.19. The Kier molecular flexibility index (Phi) is 10.9. The summed E-state index contributed by atoms with van der Waals surface area (Å²) in [6.07, 6.45) is 1.43. The van der Waals surface area contributed by atoms with Gasteiger partial charge in [0.1, 0.15) is 5.82 Å². The Labute approximate surface area is 246 Å². The quantitative estimate of drug-likeness (QED) is 0.306. The summed E-state index contributed by atoms with van der Waals surface area (Å²) in [5, 5.41) is 0. The van der Waals surface area contributed by atoms with Gasteiger partial charge in [-0.1, -0.05) is 12.1 Å². The number of nitrogens with zero attached hydrogens (tertiary/aromatic N) is 5. The molecule has 2 heterocycles. The number of ketones is 1. The number of halogens is 2. The van der Waals surface area contributed by atoms with Crippen LogP contribution in [0, 0.1) is 11.6 Å². The molecule has 1 atom stereocenters. The molecule has 0 saturated carbocycles. The summed E-state index contributed by atoms with van der Waals surface area (Å²) in [5.41, 5.74) is -0.579. The minimum Gasteiger partial charge on any atom is -0.449 e. The molecule has 2 amide bonds. The molecule has 0 aliphatic carbocycles. The van der Waals surface area contributed by atoms with Crippen molar-refractivity contribution in [2.75, 3.05) is 34.8 Å². The first-order chi connectivity index (χ1) is 20.3. The van der Waals surface area contributed by atoms with Gasteiger partial charge in [-0.2, -0.15) is 0 Å². The first kappa shape index (κ1) is 32.6. The summed E-state index contributed by atoms with van der Waals surface area (Å²) in [5.74, 6) is -3.16. The smallest absolute Gasteiger partial charge is 0.420 e. The Balaban J connectivity index is 1.88. The van der Waals surface area contributed by atoms with Gasteiger partial charge in [-0.15, -0.1) is 0 Å². The van der Waals surface area contributed by atoms with Gasteiger partial charge in [-0.05, 0) is 31.9 Å². The van der Waals surface area contributed by atoms with Gasteiger partial charge < -0.3 is 23.8 Å². The number of rotatable bonds is 11. The lowest BCUT2D eigenvalue weighted by atomic mass is 10.0. The largest absolute Gasteiger partial charge is 0.449 e. The molecule has 2 aromatic heterocycles. The number of carbonyl (C=O) groups excluding carboxylic acids is 4. The first-order valence-electron chi connectivity index (χ1n) is 13.3. The van der Waals surface area contributed by atoms with E-state index in [4.69, 9.17) is 9.47 Å². The number of fused-ring (bicyclic) bond motifs is 1. The number of hydrogen-bond donors (Lipinski definition) is 0. The highest BCUT2D eigenvalue weighted by atomic mass is 19.2. The molecule has 0 saturated heterocycles. The molecule has 0 aliphatic rings. The molecule has 0 spiro atoms. The first-order valence-corrected chi connectivity index (χ1v) is 13.3. The molecule has 3 aromatic rings. The highest BCUT2D eigenvalue weighted by Gasteiger charge is 2.25. The van der Waals surface area contributed by atoms with Crippen LogP contribution < -0.4 is 5.56 Å². The zero-order chi connectivity index (χ0) is 31.8. The molecular formula is C29H33F2N5O7. The van der Waals surface area contributed by atoms with Crippen molar-refractivity contribution in [2.45, 2.75) is 38.8 Å². The van der Waals surface area contributed by atoms with Gasteiger partial charge in [0, 0.05) is 58.5 Å². The number of aromatic nitrogens is 3. The maximum atomic E-state index is 14.0. The Bertz CT molecular complexity index is 1610. The number of allylic oxidation sites excluding steroid dienone is 1. The van der Waals surface area contributed by atoms with Gasteiger partial charge in [0.15, 0.2) is 23.5 Å². The number of carbonyl (C=O) groups is 4. The maximum absolute atomic E-state index is 14.0. The highest BCUT2D eigenvalue weighted by Crippen LogP contribution is 2.21. The minimum absolute atomic E-state index is 0.000479. The number of amides is 2. The molecule has 0 radical (unpaired) electrons. The Morgan fingerprint density at radius 3 is 2.42 bits per heavy atom. The van der Waals surface area contributed by atoms with Crippen LogP contribution in [-0.2, 0) is 32.0 Å². The zero-order valence-electron chi connectivity index (χ0n) is 24.5. The molecule has 43 heavy (non-hydrogen) atoms. The van der Waals surface area contributed by atoms with Crippen LogP contribution in [0.5, 0.6) is 0 Å². The second-order valence-electron chi connectivity index (χ2n) is 9.91. The summed E-state index contributed by atoms with van der Waals surface area (Å²) in [6.45, 7) is 1.28. The molecule has 3 rings (SSSR count). The average Bonchev–Trinajstić information content (AvgIpc) is 3.28. The predicted molar refractivity (Wildman–Crippen MR) is 152 cm³/mol. The summed E-state index contributed by atoms with van der Waals surface area (Å²) >= 11 is 0. The van der Waals surface area contributed by atoms with Crippen molar-refractivity contribution < 1.29 is 37.4 Å². The number of likely N-dealkylation sites (N-methyl/N-ethyl adjacent to an activating group) is 1. The van der Waals surface area contributed by atoms with Gasteiger partial charge in [0.2, 0.25) is 5.91 Å². The summed E-state index contributed by atoms with van der Waals surface area (Å²) in [6, 6.07) is 4.60. The second kappa shape index (κ2) is 14.3. The number of ether oxygens (including phenoxy) is 2. The van der Waals surface area contributed by atoms with Crippen LogP contribution in [0.4, 0.5) is 18.4 Å². The maximum Gasteiger partial charge on any atom is 0.420 e. The van der Waals surface area contributed by atoms with Crippen LogP contribution in [-0.4, -0.2) is 88.7 Å². The van der Waals surface area contributed by atoms with Crippen LogP contribution in [0.15, 0.2) is 47.4 Å². The third-order valence-corrected chi connectivity index (χ3v) is 6.26. The Morgan fingerprint density at radius 1 is 1.07 bits per heavy atom. The van der Waals surface area contributed by atoms with E-state index in [-0.39, 0.29) is 60.7 Å². The topological polar surface area (TPSA) is 133 Å². The van der Waals surface area contributed by atoms with Crippen LogP contribution in [0.25, 0.3) is 11.0 Å². The van der Waals surface area contributed by atoms with Crippen LogP contribution in [0.1, 0.15) is 31.2 Å². The molecule has 12 nitrogen and oxygen atoms in total. The standard InChI is InChI=1S/C29H33F2N5O7/c1-6-42-29(41)36-22-16-20(31)19(30)15-21(22)32-25(36)17-35-13-9-10-18(27(35)39)14-23(37)24(43-28(40)34(4)5)11-7-8-12-26(38)33(2)3/h8-10,12-13,15-16,24H,6-7,11,14,17H2,1-5H3/b12-8+/t24-/m0/s1. The molecular weight excluding hydrogens is 568 g/mol. The lowest BCUT2D eigenvalue weighted by molar-refractivity contribution is -0.127. The van der Waals surface area contributed by atoms with E-state index in [1.165, 1.54) is 48.0 Å². The highest BCUT2D eigenvalue weighted by molar-refractivity contribution is 5.88. The van der Waals surface area contributed by atoms with Crippen molar-refractivity contribution in [3.63, 3.8) is 0 Å². The van der Waals surface area contributed by atoms with Gasteiger partial charge >= 0.3 is 12.2 Å².